The van der Waals surface area contributed by atoms with E-state index in [0.717, 1.165) is 52.0 Å². The first-order valence-corrected chi connectivity index (χ1v) is 10.1. The zero-order valence-corrected chi connectivity index (χ0v) is 16.9. The molecule has 2 heterocycles. The fourth-order valence-corrected chi connectivity index (χ4v) is 3.30. The second-order valence-electron chi connectivity index (χ2n) is 6.85. The van der Waals surface area contributed by atoms with Crippen LogP contribution in [0.4, 0.5) is 0 Å². The number of pyridine rings is 1. The standard InChI is InChI=1S/C23H26N4O2/c1-3-12-25-27-22(16-28-4-2)26-21-14-24-20-13-18(10-11-19(20)23(21)27)29-15-17-8-6-5-7-9-17/h5-11,13-14,25H,3-4,12,15-16H2,1-2H3. The van der Waals surface area contributed by atoms with Gasteiger partial charge in [0.1, 0.15) is 30.0 Å². The van der Waals surface area contributed by atoms with Gasteiger partial charge in [-0.25, -0.2) is 9.66 Å². The molecule has 6 heteroatoms. The van der Waals surface area contributed by atoms with Gasteiger partial charge in [0.2, 0.25) is 0 Å². The highest BCUT2D eigenvalue weighted by Crippen LogP contribution is 2.27. The van der Waals surface area contributed by atoms with Crippen LogP contribution in [0.25, 0.3) is 21.9 Å². The molecule has 0 unspecified atom stereocenters. The summed E-state index contributed by atoms with van der Waals surface area (Å²) in [4.78, 5) is 9.35. The number of hydrogen-bond donors (Lipinski definition) is 1. The van der Waals surface area contributed by atoms with Crippen molar-refractivity contribution >= 4 is 21.9 Å². The van der Waals surface area contributed by atoms with Crippen LogP contribution >= 0.6 is 0 Å². The second-order valence-corrected chi connectivity index (χ2v) is 6.85. The smallest absolute Gasteiger partial charge is 0.154 e. The lowest BCUT2D eigenvalue weighted by atomic mass is 10.2. The van der Waals surface area contributed by atoms with Gasteiger partial charge >= 0.3 is 0 Å². The normalized spacial score (nSPS) is 11.2. The van der Waals surface area contributed by atoms with Gasteiger partial charge in [0.05, 0.1) is 11.7 Å². The fourth-order valence-electron chi connectivity index (χ4n) is 3.30. The van der Waals surface area contributed by atoms with Crippen LogP contribution in [-0.4, -0.2) is 27.8 Å². The molecular weight excluding hydrogens is 364 g/mol. The summed E-state index contributed by atoms with van der Waals surface area (Å²) >= 11 is 0. The van der Waals surface area contributed by atoms with Crippen molar-refractivity contribution < 1.29 is 9.47 Å². The van der Waals surface area contributed by atoms with Gasteiger partial charge in [-0.15, -0.1) is 0 Å². The van der Waals surface area contributed by atoms with Gasteiger partial charge in [-0.3, -0.25) is 4.98 Å². The van der Waals surface area contributed by atoms with Crippen LogP contribution in [0.15, 0.2) is 54.7 Å². The van der Waals surface area contributed by atoms with Crippen molar-refractivity contribution in [2.24, 2.45) is 0 Å². The molecule has 0 bridgehead atoms. The molecular formula is C23H26N4O2. The first-order chi connectivity index (χ1) is 14.3. The molecule has 6 nitrogen and oxygen atoms in total. The van der Waals surface area contributed by atoms with Crippen molar-refractivity contribution in [2.75, 3.05) is 18.6 Å². The van der Waals surface area contributed by atoms with Crippen molar-refractivity contribution in [3.63, 3.8) is 0 Å². The topological polar surface area (TPSA) is 61.2 Å². The third kappa shape index (κ3) is 4.17. The lowest BCUT2D eigenvalue weighted by molar-refractivity contribution is 0.127. The van der Waals surface area contributed by atoms with Crippen LogP contribution in [0.1, 0.15) is 31.7 Å². The third-order valence-electron chi connectivity index (χ3n) is 4.73. The predicted molar refractivity (Wildman–Crippen MR) is 116 cm³/mol. The first-order valence-electron chi connectivity index (χ1n) is 10.1. The molecule has 0 amide bonds. The first kappa shape index (κ1) is 19.2. The minimum absolute atomic E-state index is 0.460. The Morgan fingerprint density at radius 1 is 1.00 bits per heavy atom. The predicted octanol–water partition coefficient (Wildman–Crippen LogP) is 4.65. The van der Waals surface area contributed by atoms with E-state index in [2.05, 4.69) is 35.5 Å². The van der Waals surface area contributed by atoms with Gasteiger partial charge in [-0.1, -0.05) is 37.3 Å². The highest BCUT2D eigenvalue weighted by Gasteiger charge is 2.15. The van der Waals surface area contributed by atoms with Gasteiger partial charge in [0, 0.05) is 24.6 Å². The van der Waals surface area contributed by atoms with Crippen LogP contribution in [-0.2, 0) is 18.0 Å². The average Bonchev–Trinajstić information content (AvgIpc) is 3.13. The Morgan fingerprint density at radius 2 is 1.86 bits per heavy atom. The molecule has 0 spiro atoms. The highest BCUT2D eigenvalue weighted by molar-refractivity contribution is 6.02. The molecule has 0 saturated heterocycles. The number of benzene rings is 2. The summed E-state index contributed by atoms with van der Waals surface area (Å²) in [6.07, 6.45) is 2.84. The van der Waals surface area contributed by atoms with Gasteiger partial charge in [-0.05, 0) is 31.0 Å². The van der Waals surface area contributed by atoms with Crippen LogP contribution in [0.5, 0.6) is 5.75 Å². The fraction of sp³-hybridized carbons (Fsp3) is 0.304. The Morgan fingerprint density at radius 3 is 2.66 bits per heavy atom. The minimum Gasteiger partial charge on any atom is -0.489 e. The summed E-state index contributed by atoms with van der Waals surface area (Å²) in [5, 5.41) is 1.04. The largest absolute Gasteiger partial charge is 0.489 e. The lowest BCUT2D eigenvalue weighted by Gasteiger charge is -2.13. The molecule has 1 N–H and O–H groups in total. The molecule has 0 fully saturated rings. The van der Waals surface area contributed by atoms with Crippen molar-refractivity contribution in [3.8, 4) is 5.75 Å². The Kier molecular flexibility index (Phi) is 5.91. The Labute approximate surface area is 170 Å². The summed E-state index contributed by atoms with van der Waals surface area (Å²) in [6, 6.07) is 16.2. The zero-order valence-electron chi connectivity index (χ0n) is 16.9. The number of nitrogens with one attached hydrogen (secondary N) is 1. The summed E-state index contributed by atoms with van der Waals surface area (Å²) in [5.41, 5.74) is 7.36. The van der Waals surface area contributed by atoms with Gasteiger partial charge in [0.25, 0.3) is 0 Å². The summed E-state index contributed by atoms with van der Waals surface area (Å²) in [5.74, 6) is 1.66. The minimum atomic E-state index is 0.460. The number of ether oxygens (including phenoxy) is 2. The molecule has 2 aromatic heterocycles. The number of fused-ring (bicyclic) bond motifs is 3. The Hall–Kier alpha value is -3.12. The van der Waals surface area contributed by atoms with Crippen LogP contribution < -0.4 is 10.2 Å². The van der Waals surface area contributed by atoms with Crippen LogP contribution in [0.2, 0.25) is 0 Å². The van der Waals surface area contributed by atoms with E-state index < -0.39 is 0 Å². The zero-order chi connectivity index (χ0) is 20.1. The van der Waals surface area contributed by atoms with E-state index in [1.165, 1.54) is 0 Å². The third-order valence-corrected chi connectivity index (χ3v) is 4.73. The number of hydrogen-bond acceptors (Lipinski definition) is 5. The van der Waals surface area contributed by atoms with Gasteiger partial charge in [-0.2, -0.15) is 0 Å². The number of rotatable bonds is 9. The maximum Gasteiger partial charge on any atom is 0.154 e. The number of imidazole rings is 1. The van der Waals surface area contributed by atoms with E-state index in [1.807, 2.05) is 48.1 Å². The van der Waals surface area contributed by atoms with Crippen molar-refractivity contribution in [3.05, 3.63) is 66.1 Å². The molecule has 0 saturated carbocycles. The number of aromatic nitrogens is 3. The van der Waals surface area contributed by atoms with Crippen molar-refractivity contribution in [2.45, 2.75) is 33.5 Å². The highest BCUT2D eigenvalue weighted by atomic mass is 16.5. The average molecular weight is 390 g/mol. The molecule has 29 heavy (non-hydrogen) atoms. The molecule has 150 valence electrons. The van der Waals surface area contributed by atoms with Gasteiger partial charge in [0.15, 0.2) is 5.82 Å². The molecule has 0 aliphatic heterocycles. The van der Waals surface area contributed by atoms with Crippen LogP contribution in [0.3, 0.4) is 0 Å². The van der Waals surface area contributed by atoms with E-state index in [-0.39, 0.29) is 0 Å². The van der Waals surface area contributed by atoms with Crippen molar-refractivity contribution in [1.82, 2.24) is 14.6 Å². The van der Waals surface area contributed by atoms with E-state index in [0.29, 0.717) is 19.8 Å². The van der Waals surface area contributed by atoms with E-state index >= 15 is 0 Å². The molecule has 0 aliphatic rings. The van der Waals surface area contributed by atoms with Crippen molar-refractivity contribution in [1.29, 1.82) is 0 Å². The molecule has 4 rings (SSSR count). The quantitative estimate of drug-likeness (QED) is 0.451. The second kappa shape index (κ2) is 8.92. The maximum absolute atomic E-state index is 5.97. The Bertz CT molecular complexity index is 1090. The summed E-state index contributed by atoms with van der Waals surface area (Å²) in [7, 11) is 0. The number of nitrogens with zero attached hydrogens (tertiary/aromatic N) is 3. The monoisotopic (exact) mass is 390 g/mol. The molecule has 2 aromatic carbocycles. The maximum atomic E-state index is 5.97. The van der Waals surface area contributed by atoms with Crippen LogP contribution in [0, 0.1) is 0 Å². The van der Waals surface area contributed by atoms with E-state index in [1.54, 1.807) is 0 Å². The SMILES string of the molecule is CCCNn1c(COCC)nc2cnc3cc(OCc4ccccc4)ccc3c21. The lowest BCUT2D eigenvalue weighted by Crippen LogP contribution is -2.19. The molecule has 0 atom stereocenters. The Balaban J connectivity index is 1.69. The van der Waals surface area contributed by atoms with E-state index in [4.69, 9.17) is 14.5 Å². The molecule has 0 radical (unpaired) electrons. The summed E-state index contributed by atoms with van der Waals surface area (Å²) < 4.78 is 13.6. The van der Waals surface area contributed by atoms with E-state index in [9.17, 15) is 0 Å². The van der Waals surface area contributed by atoms with Gasteiger partial charge < -0.3 is 14.9 Å². The summed E-state index contributed by atoms with van der Waals surface area (Å²) in [6.45, 7) is 6.63. The molecule has 4 aromatic rings. The molecule has 0 aliphatic carbocycles.